The first kappa shape index (κ1) is 21.3. The van der Waals surface area contributed by atoms with Gasteiger partial charge in [0.15, 0.2) is 9.47 Å². The lowest BCUT2D eigenvalue weighted by Crippen LogP contribution is -2.28. The predicted octanol–water partition coefficient (Wildman–Crippen LogP) is 2.86. The summed E-state index contributed by atoms with van der Waals surface area (Å²) in [6.07, 6.45) is 1.66. The van der Waals surface area contributed by atoms with Gasteiger partial charge in [-0.05, 0) is 24.3 Å². The van der Waals surface area contributed by atoms with Gasteiger partial charge in [-0.15, -0.1) is 21.5 Å². The molecule has 0 unspecified atom stereocenters. The van der Waals surface area contributed by atoms with Crippen LogP contribution in [0.2, 0.25) is 0 Å². The first-order chi connectivity index (χ1) is 15.0. The minimum atomic E-state index is -0.554. The molecule has 2 N–H and O–H groups in total. The van der Waals surface area contributed by atoms with Crippen molar-refractivity contribution in [3.63, 3.8) is 0 Å². The molecule has 3 amide bonds. The zero-order valence-electron chi connectivity index (χ0n) is 15.8. The number of carbonyl (C=O) groups excluding carboxylic acids is 3. The number of thioether (sulfide) groups is 1. The van der Waals surface area contributed by atoms with Crippen molar-refractivity contribution in [1.29, 1.82) is 0 Å². The lowest BCUT2D eigenvalue weighted by atomic mass is 10.1. The molecule has 1 aromatic carbocycles. The summed E-state index contributed by atoms with van der Waals surface area (Å²) in [5.41, 5.74) is 0.548. The van der Waals surface area contributed by atoms with Gasteiger partial charge in [0, 0.05) is 30.2 Å². The molecule has 0 bridgehead atoms. The fraction of sp³-hybridized carbons (Fsp3) is 0.222. The molecule has 0 spiro atoms. The zero-order valence-corrected chi connectivity index (χ0v) is 18.2. The number of thiazole rings is 1. The summed E-state index contributed by atoms with van der Waals surface area (Å²) in [6.45, 7) is 0.202. The number of amides is 3. The topological polar surface area (TPSA) is 117 Å². The molecule has 1 saturated heterocycles. The summed E-state index contributed by atoms with van der Waals surface area (Å²) in [5.74, 6) is -1.58. The Labute approximate surface area is 188 Å². The SMILES string of the molecule is O=C(CSc1nnc(NC(=O)[C@@H]2CC(=O)N(c3ccc(F)cc3)C2)s1)Nc1nccs1. The molecule has 1 aliphatic rings. The minimum absolute atomic E-state index is 0.0561. The van der Waals surface area contributed by atoms with Crippen LogP contribution in [0.1, 0.15) is 6.42 Å². The van der Waals surface area contributed by atoms with E-state index in [2.05, 4.69) is 25.8 Å². The average molecular weight is 479 g/mol. The molecule has 0 radical (unpaired) electrons. The second kappa shape index (κ2) is 9.49. The summed E-state index contributed by atoms with van der Waals surface area (Å²) >= 11 is 3.67. The highest BCUT2D eigenvalue weighted by Gasteiger charge is 2.35. The highest BCUT2D eigenvalue weighted by molar-refractivity contribution is 8.01. The molecule has 160 valence electrons. The van der Waals surface area contributed by atoms with Gasteiger partial charge in [0.05, 0.1) is 11.7 Å². The van der Waals surface area contributed by atoms with Crippen molar-refractivity contribution >= 4 is 68.1 Å². The number of aromatic nitrogens is 3. The third-order valence-corrected chi connectivity index (χ3v) is 6.94. The molecule has 1 fully saturated rings. The largest absolute Gasteiger partial charge is 0.312 e. The van der Waals surface area contributed by atoms with Crippen LogP contribution in [0.3, 0.4) is 0 Å². The van der Waals surface area contributed by atoms with Crippen molar-refractivity contribution in [2.24, 2.45) is 5.92 Å². The van der Waals surface area contributed by atoms with E-state index < -0.39 is 11.7 Å². The summed E-state index contributed by atoms with van der Waals surface area (Å²) in [6, 6.07) is 5.56. The number of rotatable bonds is 7. The van der Waals surface area contributed by atoms with Crippen LogP contribution < -0.4 is 15.5 Å². The van der Waals surface area contributed by atoms with E-state index in [9.17, 15) is 18.8 Å². The van der Waals surface area contributed by atoms with E-state index >= 15 is 0 Å². The fourth-order valence-electron chi connectivity index (χ4n) is 2.85. The number of benzene rings is 1. The van der Waals surface area contributed by atoms with E-state index in [1.807, 2.05) is 0 Å². The van der Waals surface area contributed by atoms with Gasteiger partial charge in [-0.2, -0.15) is 0 Å². The van der Waals surface area contributed by atoms with Crippen molar-refractivity contribution in [3.8, 4) is 0 Å². The Hall–Kier alpha value is -2.90. The smallest absolute Gasteiger partial charge is 0.236 e. The average Bonchev–Trinajstić information content (AvgIpc) is 3.49. The van der Waals surface area contributed by atoms with E-state index in [-0.39, 0.29) is 36.4 Å². The van der Waals surface area contributed by atoms with Crippen molar-refractivity contribution < 1.29 is 18.8 Å². The van der Waals surface area contributed by atoms with E-state index in [4.69, 9.17) is 0 Å². The van der Waals surface area contributed by atoms with Gasteiger partial charge in [-0.3, -0.25) is 14.4 Å². The molecule has 31 heavy (non-hydrogen) atoms. The lowest BCUT2D eigenvalue weighted by molar-refractivity contribution is -0.122. The molecule has 9 nitrogen and oxygen atoms in total. The molecule has 4 rings (SSSR count). The second-order valence-electron chi connectivity index (χ2n) is 6.42. The fourth-order valence-corrected chi connectivity index (χ4v) is 4.95. The van der Waals surface area contributed by atoms with E-state index in [1.54, 1.807) is 11.6 Å². The highest BCUT2D eigenvalue weighted by Crippen LogP contribution is 2.29. The normalized spacial score (nSPS) is 15.8. The van der Waals surface area contributed by atoms with Crippen LogP contribution >= 0.6 is 34.4 Å². The van der Waals surface area contributed by atoms with E-state index in [1.165, 1.54) is 52.3 Å². The van der Waals surface area contributed by atoms with Crippen LogP contribution in [-0.2, 0) is 14.4 Å². The van der Waals surface area contributed by atoms with Gasteiger partial charge in [0.25, 0.3) is 0 Å². The number of anilines is 3. The Balaban J connectivity index is 1.28. The molecule has 3 heterocycles. The standard InChI is InChI=1S/C18H15FN6O3S3/c19-11-1-3-12(4-2-11)25-8-10(7-14(25)27)15(28)22-17-23-24-18(31-17)30-9-13(26)21-16-20-5-6-29-16/h1-6,10H,7-9H2,(H,20,21,26)(H,22,23,28)/t10-/m1/s1. The van der Waals surface area contributed by atoms with Crippen molar-refractivity contribution in [2.45, 2.75) is 10.8 Å². The Morgan fingerprint density at radius 1 is 1.19 bits per heavy atom. The highest BCUT2D eigenvalue weighted by atomic mass is 32.2. The van der Waals surface area contributed by atoms with Gasteiger partial charge in [-0.25, -0.2) is 9.37 Å². The quantitative estimate of drug-likeness (QED) is 0.396. The predicted molar refractivity (Wildman–Crippen MR) is 117 cm³/mol. The van der Waals surface area contributed by atoms with Gasteiger partial charge < -0.3 is 15.5 Å². The van der Waals surface area contributed by atoms with Crippen molar-refractivity contribution in [1.82, 2.24) is 15.2 Å². The van der Waals surface area contributed by atoms with Crippen molar-refractivity contribution in [2.75, 3.05) is 27.8 Å². The zero-order chi connectivity index (χ0) is 21.8. The van der Waals surface area contributed by atoms with Crippen LogP contribution in [0.4, 0.5) is 20.3 Å². The Morgan fingerprint density at radius 2 is 2.00 bits per heavy atom. The van der Waals surface area contributed by atoms with Gasteiger partial charge in [0.1, 0.15) is 5.82 Å². The van der Waals surface area contributed by atoms with Crippen LogP contribution in [0.15, 0.2) is 40.2 Å². The molecular formula is C18H15FN6O3S3. The summed E-state index contributed by atoms with van der Waals surface area (Å²) in [4.78, 5) is 42.2. The van der Waals surface area contributed by atoms with Crippen LogP contribution in [0, 0.1) is 11.7 Å². The molecule has 1 aliphatic heterocycles. The van der Waals surface area contributed by atoms with Crippen LogP contribution in [-0.4, -0.2) is 45.2 Å². The Bertz CT molecular complexity index is 1090. The van der Waals surface area contributed by atoms with Crippen LogP contribution in [0.25, 0.3) is 0 Å². The number of hydrogen-bond donors (Lipinski definition) is 2. The molecule has 0 aliphatic carbocycles. The molecule has 3 aromatic rings. The summed E-state index contributed by atoms with van der Waals surface area (Å²) in [7, 11) is 0. The Kier molecular flexibility index (Phi) is 6.53. The first-order valence-corrected chi connectivity index (χ1v) is 11.7. The first-order valence-electron chi connectivity index (χ1n) is 9.00. The number of halogens is 1. The monoisotopic (exact) mass is 478 g/mol. The number of carbonyl (C=O) groups is 3. The number of nitrogens with zero attached hydrogens (tertiary/aromatic N) is 4. The maximum Gasteiger partial charge on any atom is 0.236 e. The maximum atomic E-state index is 13.1. The second-order valence-corrected chi connectivity index (χ2v) is 9.51. The molecule has 0 saturated carbocycles. The van der Waals surface area contributed by atoms with Crippen molar-refractivity contribution in [3.05, 3.63) is 41.7 Å². The maximum absolute atomic E-state index is 13.1. The minimum Gasteiger partial charge on any atom is -0.312 e. The summed E-state index contributed by atoms with van der Waals surface area (Å²) < 4.78 is 13.6. The third kappa shape index (κ3) is 5.42. The Morgan fingerprint density at radius 3 is 2.74 bits per heavy atom. The summed E-state index contributed by atoms with van der Waals surface area (Å²) in [5, 5.41) is 15.8. The van der Waals surface area contributed by atoms with E-state index in [0.717, 1.165) is 11.3 Å². The van der Waals surface area contributed by atoms with E-state index in [0.29, 0.717) is 20.3 Å². The number of hydrogen-bond acceptors (Lipinski definition) is 9. The lowest BCUT2D eigenvalue weighted by Gasteiger charge is -2.16. The molecule has 13 heteroatoms. The van der Waals surface area contributed by atoms with Gasteiger partial charge in [0.2, 0.25) is 22.9 Å². The molecule has 2 aromatic heterocycles. The molecular weight excluding hydrogens is 463 g/mol. The number of nitrogens with one attached hydrogen (secondary N) is 2. The van der Waals surface area contributed by atoms with Crippen LogP contribution in [0.5, 0.6) is 0 Å². The third-order valence-electron chi connectivity index (χ3n) is 4.28. The van der Waals surface area contributed by atoms with Gasteiger partial charge in [-0.1, -0.05) is 23.1 Å². The molecule has 1 atom stereocenters. The van der Waals surface area contributed by atoms with Gasteiger partial charge >= 0.3 is 0 Å².